The first-order valence-electron chi connectivity index (χ1n) is 11.2. The molecule has 0 unspecified atom stereocenters. The molecular weight excluding hydrogens is 520 g/mol. The van der Waals surface area contributed by atoms with Crippen LogP contribution in [0.2, 0.25) is 0 Å². The van der Waals surface area contributed by atoms with Crippen LogP contribution in [0.4, 0.5) is 5.13 Å². The molecule has 2 aliphatic heterocycles. The van der Waals surface area contributed by atoms with Gasteiger partial charge in [0.1, 0.15) is 36.5 Å². The Kier molecular flexibility index (Phi) is 6.55. The largest absolute Gasteiger partial charge is 0.543 e. The molecule has 2 aliphatic rings. The zero-order valence-electron chi connectivity index (χ0n) is 19.8. The Bertz CT molecular complexity index is 1480. The average Bonchev–Trinajstić information content (AvgIpc) is 3.49. The van der Waals surface area contributed by atoms with Gasteiger partial charge in [-0.25, -0.2) is 4.57 Å². The molecule has 1 fully saturated rings. The van der Waals surface area contributed by atoms with Gasteiger partial charge in [-0.05, 0) is 26.0 Å². The summed E-state index contributed by atoms with van der Waals surface area (Å²) in [6.07, 6.45) is 3.78. The summed E-state index contributed by atoms with van der Waals surface area (Å²) < 4.78 is 7.84. The van der Waals surface area contributed by atoms with E-state index in [-0.39, 0.29) is 35.5 Å². The van der Waals surface area contributed by atoms with Crippen molar-refractivity contribution < 1.29 is 28.9 Å². The number of carbonyl (C=O) groups excluding carboxylic acids is 3. The van der Waals surface area contributed by atoms with E-state index in [2.05, 4.69) is 19.8 Å². The number of nitrogens with zero attached hydrogens (tertiary/aromatic N) is 6. The number of aromatic nitrogens is 4. The number of hydrogen-bond acceptors (Lipinski definition) is 11. The van der Waals surface area contributed by atoms with Crippen LogP contribution in [-0.2, 0) is 25.8 Å². The Morgan fingerprint density at radius 2 is 2.22 bits per heavy atom. The highest BCUT2D eigenvalue weighted by atomic mass is 32.2. The van der Waals surface area contributed by atoms with Gasteiger partial charge in [0.2, 0.25) is 17.9 Å². The number of oxime groups is 1. The molecule has 3 aromatic heterocycles. The molecule has 2 atom stereocenters. The molecule has 3 N–H and O–H groups in total. The van der Waals surface area contributed by atoms with Crippen molar-refractivity contribution in [1.82, 2.24) is 24.0 Å². The Balaban J connectivity index is 1.36. The van der Waals surface area contributed by atoms with Crippen LogP contribution < -0.4 is 20.7 Å². The lowest BCUT2D eigenvalue weighted by Crippen LogP contribution is -2.71. The second kappa shape index (κ2) is 9.82. The SMILES string of the molecule is CCO/N=C(\C(=O)N[C@@H]1C(=O)N2C(C(=O)[O-])=C(C[n+]3cc4cccc(C)n4c3)CS[C@H]12)c1nsc(N)n1. The first-order valence-corrected chi connectivity index (χ1v) is 13.1. The highest BCUT2D eigenvalue weighted by Gasteiger charge is 2.53. The van der Waals surface area contributed by atoms with Crippen LogP contribution in [0.15, 0.2) is 47.1 Å². The zero-order chi connectivity index (χ0) is 26.3. The summed E-state index contributed by atoms with van der Waals surface area (Å²) in [5, 5.41) is 18.0. The summed E-state index contributed by atoms with van der Waals surface area (Å²) >= 11 is 2.24. The fourth-order valence-corrected chi connectivity index (χ4v) is 5.99. The van der Waals surface area contributed by atoms with Gasteiger partial charge < -0.3 is 25.8 Å². The van der Waals surface area contributed by atoms with E-state index in [4.69, 9.17) is 10.6 Å². The Labute approximate surface area is 218 Å². The van der Waals surface area contributed by atoms with Crippen LogP contribution in [-0.4, -0.2) is 65.9 Å². The first kappa shape index (κ1) is 24.7. The van der Waals surface area contributed by atoms with E-state index in [0.29, 0.717) is 11.3 Å². The number of carbonyl (C=O) groups is 3. The van der Waals surface area contributed by atoms with Gasteiger partial charge in [-0.1, -0.05) is 11.2 Å². The lowest BCUT2D eigenvalue weighted by atomic mass is 10.0. The zero-order valence-corrected chi connectivity index (χ0v) is 21.4. The summed E-state index contributed by atoms with van der Waals surface area (Å²) in [7, 11) is 0. The summed E-state index contributed by atoms with van der Waals surface area (Å²) in [6, 6.07) is 4.90. The standard InChI is InChI=1S/C22H22N8O5S2/c1-3-35-26-14(17-25-22(23)37-27-17)18(31)24-15-19(32)30-16(21(33)34)12(9-36-20(15)30)7-28-8-13-6-4-5-11(2)29(13)10-28/h4-6,8,10,15,20H,3,7,9H2,1-2H3,(H3-,23,24,25,27,31,33,34)/b26-14-/t15-,20-/m1/s1. The van der Waals surface area contributed by atoms with Gasteiger partial charge in [0.15, 0.2) is 10.6 Å². The topological polar surface area (TPSA) is 171 Å². The van der Waals surface area contributed by atoms with Crippen LogP contribution in [0.1, 0.15) is 18.4 Å². The molecular formula is C22H22N8O5S2. The Morgan fingerprint density at radius 3 is 2.89 bits per heavy atom. The molecule has 15 heteroatoms. The molecule has 1 saturated heterocycles. The number of aryl methyl sites for hydroxylation is 1. The molecule has 0 bridgehead atoms. The number of rotatable bonds is 8. The normalized spacial score (nSPS) is 19.6. The van der Waals surface area contributed by atoms with E-state index in [9.17, 15) is 19.5 Å². The van der Waals surface area contributed by atoms with E-state index in [0.717, 1.165) is 22.7 Å². The highest BCUT2D eigenvalue weighted by molar-refractivity contribution is 8.00. The minimum Gasteiger partial charge on any atom is -0.543 e. The van der Waals surface area contributed by atoms with Crippen molar-refractivity contribution in [3.63, 3.8) is 0 Å². The lowest BCUT2D eigenvalue weighted by Gasteiger charge is -2.50. The van der Waals surface area contributed by atoms with Gasteiger partial charge >= 0.3 is 0 Å². The maximum absolute atomic E-state index is 13.0. The van der Waals surface area contributed by atoms with E-state index < -0.39 is 29.2 Å². The van der Waals surface area contributed by atoms with E-state index in [1.165, 1.54) is 16.7 Å². The van der Waals surface area contributed by atoms with Gasteiger partial charge in [-0.2, -0.15) is 13.8 Å². The Morgan fingerprint density at radius 1 is 1.41 bits per heavy atom. The smallest absolute Gasteiger partial charge is 0.278 e. The number of amides is 2. The number of β-lactam (4-membered cyclic amide) rings is 1. The van der Waals surface area contributed by atoms with E-state index in [1.807, 2.05) is 46.6 Å². The third-order valence-corrected chi connectivity index (χ3v) is 7.76. The predicted molar refractivity (Wildman–Crippen MR) is 132 cm³/mol. The third kappa shape index (κ3) is 4.51. The minimum absolute atomic E-state index is 0.0294. The minimum atomic E-state index is -1.44. The quantitative estimate of drug-likeness (QED) is 0.154. The second-order valence-electron chi connectivity index (χ2n) is 8.29. The number of hydrogen-bond donors (Lipinski definition) is 2. The van der Waals surface area contributed by atoms with Crippen LogP contribution >= 0.6 is 23.3 Å². The third-order valence-electron chi connectivity index (χ3n) is 5.88. The van der Waals surface area contributed by atoms with Crippen molar-refractivity contribution in [1.29, 1.82) is 0 Å². The van der Waals surface area contributed by atoms with Crippen LogP contribution in [0.5, 0.6) is 0 Å². The molecule has 13 nitrogen and oxygen atoms in total. The second-order valence-corrected chi connectivity index (χ2v) is 10.2. The number of anilines is 1. The number of carboxylic acid groups (broad SMARTS) is 1. The fraction of sp³-hybridized carbons (Fsp3) is 0.318. The molecule has 37 heavy (non-hydrogen) atoms. The predicted octanol–water partition coefficient (Wildman–Crippen LogP) is -1.19. The maximum atomic E-state index is 13.0. The highest BCUT2D eigenvalue weighted by Crippen LogP contribution is 2.40. The van der Waals surface area contributed by atoms with E-state index >= 15 is 0 Å². The first-order chi connectivity index (χ1) is 17.8. The molecule has 2 amide bonds. The summed E-state index contributed by atoms with van der Waals surface area (Å²) in [5.41, 5.74) is 7.75. The molecule has 5 heterocycles. The van der Waals surface area contributed by atoms with Gasteiger partial charge in [0.05, 0.1) is 11.7 Å². The number of nitrogens with one attached hydrogen (secondary N) is 1. The molecule has 0 radical (unpaired) electrons. The molecule has 0 aliphatic carbocycles. The van der Waals surface area contributed by atoms with Crippen LogP contribution in [0.25, 0.3) is 5.52 Å². The van der Waals surface area contributed by atoms with Gasteiger partial charge in [0, 0.05) is 22.9 Å². The monoisotopic (exact) mass is 542 g/mol. The van der Waals surface area contributed by atoms with Gasteiger partial charge in [0.25, 0.3) is 11.8 Å². The molecule has 3 aromatic rings. The molecule has 0 saturated carbocycles. The maximum Gasteiger partial charge on any atom is 0.278 e. The molecule has 5 rings (SSSR count). The van der Waals surface area contributed by atoms with Crippen molar-refractivity contribution in [3.8, 4) is 0 Å². The van der Waals surface area contributed by atoms with Gasteiger partial charge in [-0.15, -0.1) is 11.8 Å². The molecule has 0 aromatic carbocycles. The number of fused-ring (bicyclic) bond motifs is 2. The number of carboxylic acids is 1. The van der Waals surface area contributed by atoms with Crippen molar-refractivity contribution in [2.75, 3.05) is 18.1 Å². The fourth-order valence-electron chi connectivity index (χ4n) is 4.22. The van der Waals surface area contributed by atoms with E-state index in [1.54, 1.807) is 6.92 Å². The number of nitrogens with two attached hydrogens (primary N) is 1. The Hall–Kier alpha value is -3.98. The number of nitrogen functional groups attached to an aromatic ring is 1. The number of thioether (sulfide) groups is 1. The van der Waals surface area contributed by atoms with Crippen LogP contribution in [0, 0.1) is 6.92 Å². The summed E-state index contributed by atoms with van der Waals surface area (Å²) in [5.74, 6) is -2.43. The number of aliphatic carboxylic acids is 1. The lowest BCUT2D eigenvalue weighted by molar-refractivity contribution is -0.687. The van der Waals surface area contributed by atoms with Crippen molar-refractivity contribution in [2.24, 2.45) is 5.16 Å². The molecule has 0 spiro atoms. The average molecular weight is 543 g/mol. The van der Waals surface area contributed by atoms with Crippen molar-refractivity contribution >= 4 is 57.4 Å². The summed E-state index contributed by atoms with van der Waals surface area (Å²) in [4.78, 5) is 48.3. The van der Waals surface area contributed by atoms with Crippen molar-refractivity contribution in [2.45, 2.75) is 31.8 Å². The van der Waals surface area contributed by atoms with Gasteiger partial charge in [-0.3, -0.25) is 14.5 Å². The van der Waals surface area contributed by atoms with Crippen LogP contribution in [0.3, 0.4) is 0 Å². The summed E-state index contributed by atoms with van der Waals surface area (Å²) in [6.45, 7) is 4.13. The molecule has 192 valence electrons. The number of pyridine rings is 1. The number of imidazole rings is 1. The van der Waals surface area contributed by atoms with Crippen molar-refractivity contribution in [3.05, 3.63) is 53.5 Å².